The summed E-state index contributed by atoms with van der Waals surface area (Å²) in [5.74, 6) is 5.56. The summed E-state index contributed by atoms with van der Waals surface area (Å²) in [6.45, 7) is 8.69. The molecule has 1 rings (SSSR count). The van der Waals surface area contributed by atoms with Crippen molar-refractivity contribution in [1.29, 1.82) is 0 Å². The second-order valence-electron chi connectivity index (χ2n) is 5.90. The molecule has 0 aromatic carbocycles. The first kappa shape index (κ1) is 16.2. The fourth-order valence-corrected chi connectivity index (χ4v) is 1.68. The van der Waals surface area contributed by atoms with Crippen LogP contribution in [-0.2, 0) is 0 Å². The molecule has 1 unspecified atom stereocenters. The van der Waals surface area contributed by atoms with Crippen LogP contribution in [0.5, 0.6) is 0 Å². The second kappa shape index (κ2) is 6.53. The van der Waals surface area contributed by atoms with Gasteiger partial charge < -0.3 is 10.6 Å². The van der Waals surface area contributed by atoms with Crippen LogP contribution >= 0.6 is 0 Å². The van der Waals surface area contributed by atoms with Crippen molar-refractivity contribution in [2.24, 2.45) is 11.1 Å². The van der Waals surface area contributed by atoms with Gasteiger partial charge in [0.15, 0.2) is 0 Å². The van der Waals surface area contributed by atoms with Gasteiger partial charge in [0.2, 0.25) is 0 Å². The van der Waals surface area contributed by atoms with Crippen molar-refractivity contribution >= 4 is 5.91 Å². The zero-order valence-electron chi connectivity index (χ0n) is 12.9. The van der Waals surface area contributed by atoms with E-state index in [1.165, 1.54) is 0 Å². The molecule has 1 aromatic rings. The number of nitrogens with two attached hydrogens (primary N) is 1. The predicted molar refractivity (Wildman–Crippen MR) is 81.2 cm³/mol. The molecule has 0 saturated heterocycles. The number of nitrogens with zero attached hydrogens (tertiary/aromatic N) is 2. The van der Waals surface area contributed by atoms with Crippen LogP contribution in [0.1, 0.15) is 43.7 Å². The molecule has 0 aliphatic heterocycles. The van der Waals surface area contributed by atoms with Crippen LogP contribution in [0, 0.1) is 17.3 Å². The number of carbonyl (C=O) groups is 1. The van der Waals surface area contributed by atoms with Crippen LogP contribution in [0.2, 0.25) is 0 Å². The number of rotatable bonds is 2. The molecule has 0 aliphatic rings. The van der Waals surface area contributed by atoms with Crippen LogP contribution in [0.4, 0.5) is 0 Å². The minimum absolute atomic E-state index is 0.0248. The van der Waals surface area contributed by atoms with E-state index in [9.17, 15) is 4.79 Å². The standard InChI is InChI=1S/C16H23N3O/c1-12(16(2,3)4)19(5)15(20)14-9-8-13(11-18-14)7-6-10-17/h8-9,11-12H,10,17H2,1-5H3. The first-order chi connectivity index (χ1) is 9.27. The van der Waals surface area contributed by atoms with E-state index in [-0.39, 0.29) is 17.4 Å². The maximum absolute atomic E-state index is 12.4. The van der Waals surface area contributed by atoms with Crippen LogP contribution in [-0.4, -0.2) is 35.4 Å². The zero-order valence-corrected chi connectivity index (χ0v) is 12.9. The molecule has 0 radical (unpaired) electrons. The van der Waals surface area contributed by atoms with E-state index >= 15 is 0 Å². The second-order valence-corrected chi connectivity index (χ2v) is 5.90. The lowest BCUT2D eigenvalue weighted by molar-refractivity contribution is 0.0623. The van der Waals surface area contributed by atoms with E-state index < -0.39 is 0 Å². The first-order valence-electron chi connectivity index (χ1n) is 6.69. The van der Waals surface area contributed by atoms with Crippen molar-refractivity contribution < 1.29 is 4.79 Å². The van der Waals surface area contributed by atoms with E-state index in [2.05, 4.69) is 37.6 Å². The maximum Gasteiger partial charge on any atom is 0.272 e. The van der Waals surface area contributed by atoms with E-state index in [1.807, 2.05) is 14.0 Å². The Morgan fingerprint density at radius 1 is 1.45 bits per heavy atom. The van der Waals surface area contributed by atoms with Gasteiger partial charge in [0.25, 0.3) is 5.91 Å². The molecule has 0 spiro atoms. The molecule has 1 amide bonds. The van der Waals surface area contributed by atoms with Gasteiger partial charge in [-0.1, -0.05) is 32.6 Å². The van der Waals surface area contributed by atoms with Gasteiger partial charge in [-0.25, -0.2) is 4.98 Å². The SMILES string of the molecule is CC(N(C)C(=O)c1ccc(C#CCN)cn1)C(C)(C)C. The Morgan fingerprint density at radius 3 is 2.55 bits per heavy atom. The van der Waals surface area contributed by atoms with Crippen LogP contribution in [0.15, 0.2) is 18.3 Å². The number of pyridine rings is 1. The van der Waals surface area contributed by atoms with Gasteiger partial charge in [0.05, 0.1) is 6.54 Å². The molecular weight excluding hydrogens is 250 g/mol. The minimum atomic E-state index is -0.0780. The highest BCUT2D eigenvalue weighted by Crippen LogP contribution is 2.23. The molecule has 0 aliphatic carbocycles. The van der Waals surface area contributed by atoms with Crippen LogP contribution < -0.4 is 5.73 Å². The molecule has 2 N–H and O–H groups in total. The molecular formula is C16H23N3O. The molecule has 1 aromatic heterocycles. The summed E-state index contributed by atoms with van der Waals surface area (Å²) in [5.41, 5.74) is 6.53. The lowest BCUT2D eigenvalue weighted by atomic mass is 9.87. The smallest absolute Gasteiger partial charge is 0.272 e. The van der Waals surface area contributed by atoms with E-state index in [1.54, 1.807) is 23.2 Å². The highest BCUT2D eigenvalue weighted by atomic mass is 16.2. The van der Waals surface area contributed by atoms with Crippen molar-refractivity contribution in [2.75, 3.05) is 13.6 Å². The Labute approximate surface area is 121 Å². The average molecular weight is 273 g/mol. The Bertz CT molecular complexity index is 517. The van der Waals surface area contributed by atoms with Gasteiger partial charge in [-0.05, 0) is 24.5 Å². The Morgan fingerprint density at radius 2 is 2.10 bits per heavy atom. The van der Waals surface area contributed by atoms with Crippen LogP contribution in [0.3, 0.4) is 0 Å². The highest BCUT2D eigenvalue weighted by molar-refractivity contribution is 5.92. The van der Waals surface area contributed by atoms with Gasteiger partial charge in [-0.2, -0.15) is 0 Å². The Balaban J connectivity index is 2.87. The lowest BCUT2D eigenvalue weighted by Gasteiger charge is -2.35. The van der Waals surface area contributed by atoms with Gasteiger partial charge >= 0.3 is 0 Å². The quantitative estimate of drug-likeness (QED) is 0.837. The summed E-state index contributed by atoms with van der Waals surface area (Å²) in [5, 5.41) is 0. The van der Waals surface area contributed by atoms with E-state index in [0.29, 0.717) is 12.2 Å². The summed E-state index contributed by atoms with van der Waals surface area (Å²) in [7, 11) is 1.81. The monoisotopic (exact) mass is 273 g/mol. The van der Waals surface area contributed by atoms with Gasteiger partial charge in [-0.15, -0.1) is 0 Å². The van der Waals surface area contributed by atoms with Crippen molar-refractivity contribution in [3.63, 3.8) is 0 Å². The lowest BCUT2D eigenvalue weighted by Crippen LogP contribution is -2.43. The summed E-state index contributed by atoms with van der Waals surface area (Å²) in [4.78, 5) is 18.3. The molecule has 0 saturated carbocycles. The first-order valence-corrected chi connectivity index (χ1v) is 6.69. The Kier molecular flexibility index (Phi) is 5.29. The van der Waals surface area contributed by atoms with Crippen molar-refractivity contribution in [3.8, 4) is 11.8 Å². The number of carbonyl (C=O) groups excluding carboxylic acids is 1. The molecule has 0 bridgehead atoms. The third kappa shape index (κ3) is 4.07. The third-order valence-electron chi connectivity index (χ3n) is 3.47. The third-order valence-corrected chi connectivity index (χ3v) is 3.47. The number of amides is 1. The molecule has 108 valence electrons. The topological polar surface area (TPSA) is 59.2 Å². The summed E-state index contributed by atoms with van der Waals surface area (Å²) < 4.78 is 0. The van der Waals surface area contributed by atoms with E-state index in [0.717, 1.165) is 5.56 Å². The largest absolute Gasteiger partial charge is 0.337 e. The number of hydrogen-bond acceptors (Lipinski definition) is 3. The molecule has 20 heavy (non-hydrogen) atoms. The fourth-order valence-electron chi connectivity index (χ4n) is 1.68. The van der Waals surface area contributed by atoms with Gasteiger partial charge in [-0.3, -0.25) is 4.79 Å². The number of aromatic nitrogens is 1. The highest BCUT2D eigenvalue weighted by Gasteiger charge is 2.27. The summed E-state index contributed by atoms with van der Waals surface area (Å²) >= 11 is 0. The van der Waals surface area contributed by atoms with Gasteiger partial charge in [0.1, 0.15) is 5.69 Å². The predicted octanol–water partition coefficient (Wildman–Crippen LogP) is 1.90. The molecule has 4 nitrogen and oxygen atoms in total. The van der Waals surface area contributed by atoms with E-state index in [4.69, 9.17) is 5.73 Å². The summed E-state index contributed by atoms with van der Waals surface area (Å²) in [6.07, 6.45) is 1.60. The van der Waals surface area contributed by atoms with Crippen LogP contribution in [0.25, 0.3) is 0 Å². The van der Waals surface area contributed by atoms with Gasteiger partial charge in [0, 0.05) is 24.8 Å². The molecule has 0 fully saturated rings. The average Bonchev–Trinajstić information content (AvgIpc) is 2.42. The van der Waals surface area contributed by atoms with Crippen molar-refractivity contribution in [1.82, 2.24) is 9.88 Å². The maximum atomic E-state index is 12.4. The summed E-state index contributed by atoms with van der Waals surface area (Å²) in [6, 6.07) is 3.61. The van der Waals surface area contributed by atoms with Crippen molar-refractivity contribution in [2.45, 2.75) is 33.7 Å². The molecule has 1 heterocycles. The number of hydrogen-bond donors (Lipinski definition) is 1. The fraction of sp³-hybridized carbons (Fsp3) is 0.500. The minimum Gasteiger partial charge on any atom is -0.337 e. The molecule has 1 atom stereocenters. The Hall–Kier alpha value is -1.86. The zero-order chi connectivity index (χ0) is 15.3. The van der Waals surface area contributed by atoms with Crippen molar-refractivity contribution in [3.05, 3.63) is 29.6 Å². The normalized spacial score (nSPS) is 12.3. The molecule has 4 heteroatoms.